The third kappa shape index (κ3) is 3.34. The number of nitrogens with zero attached hydrogens (tertiary/aromatic N) is 3. The first kappa shape index (κ1) is 14.7. The molecule has 0 aliphatic rings. The van der Waals surface area contributed by atoms with Crippen molar-refractivity contribution in [3.8, 4) is 0 Å². The Morgan fingerprint density at radius 2 is 2.00 bits per heavy atom. The highest BCUT2D eigenvalue weighted by molar-refractivity contribution is 5.96. The van der Waals surface area contributed by atoms with Crippen molar-refractivity contribution in [3.63, 3.8) is 0 Å². The first-order chi connectivity index (χ1) is 11.1. The number of hydrogen-bond acceptors (Lipinski definition) is 4. The summed E-state index contributed by atoms with van der Waals surface area (Å²) in [4.78, 5) is 32.1. The summed E-state index contributed by atoms with van der Waals surface area (Å²) in [6, 6.07) is 10.3. The molecular weight excluding hydrogens is 294 g/mol. The van der Waals surface area contributed by atoms with Gasteiger partial charge in [-0.3, -0.25) is 14.0 Å². The Balaban J connectivity index is 1.76. The van der Waals surface area contributed by atoms with Crippen LogP contribution in [-0.2, 0) is 11.2 Å². The fraction of sp³-hybridized carbons (Fsp3) is 0.125. The van der Waals surface area contributed by atoms with Crippen molar-refractivity contribution < 1.29 is 9.59 Å². The van der Waals surface area contributed by atoms with Crippen molar-refractivity contribution >= 4 is 17.6 Å². The second-order valence-electron chi connectivity index (χ2n) is 5.07. The lowest BCUT2D eigenvalue weighted by Crippen LogP contribution is -2.45. The molecule has 7 heteroatoms. The topological polar surface area (TPSA) is 102 Å². The summed E-state index contributed by atoms with van der Waals surface area (Å²) in [6.07, 6.45) is 5.21. The first-order valence-corrected chi connectivity index (χ1v) is 7.07. The van der Waals surface area contributed by atoms with Crippen molar-refractivity contribution in [2.75, 3.05) is 0 Å². The summed E-state index contributed by atoms with van der Waals surface area (Å²) < 4.78 is 1.63. The number of carbonyl (C=O) groups excluding carboxylic acids is 2. The van der Waals surface area contributed by atoms with Crippen LogP contribution in [-0.4, -0.2) is 32.2 Å². The lowest BCUT2D eigenvalue weighted by atomic mass is 10.1. The van der Waals surface area contributed by atoms with Gasteiger partial charge >= 0.3 is 0 Å². The van der Waals surface area contributed by atoms with Gasteiger partial charge in [-0.25, -0.2) is 9.97 Å². The average molecular weight is 309 g/mol. The van der Waals surface area contributed by atoms with E-state index in [-0.39, 0.29) is 5.69 Å². The van der Waals surface area contributed by atoms with Gasteiger partial charge in [-0.1, -0.05) is 30.3 Å². The number of nitrogens with two attached hydrogens (primary N) is 1. The predicted molar refractivity (Wildman–Crippen MR) is 83.6 cm³/mol. The summed E-state index contributed by atoms with van der Waals surface area (Å²) in [5, 5.41) is 2.63. The van der Waals surface area contributed by atoms with Gasteiger partial charge in [-0.05, 0) is 11.6 Å². The second kappa shape index (κ2) is 6.27. The molecule has 0 aliphatic carbocycles. The Morgan fingerprint density at radius 3 is 2.70 bits per heavy atom. The highest BCUT2D eigenvalue weighted by Gasteiger charge is 2.21. The highest BCUT2D eigenvalue weighted by Crippen LogP contribution is 2.06. The smallest absolute Gasteiger partial charge is 0.272 e. The molecule has 3 aromatic rings. The maximum absolute atomic E-state index is 12.3. The zero-order valence-corrected chi connectivity index (χ0v) is 12.2. The van der Waals surface area contributed by atoms with Gasteiger partial charge in [0.05, 0.1) is 0 Å². The first-order valence-electron chi connectivity index (χ1n) is 7.07. The number of rotatable bonds is 5. The number of hydrogen-bond donors (Lipinski definition) is 2. The molecule has 1 unspecified atom stereocenters. The molecule has 2 heterocycles. The molecule has 3 rings (SSSR count). The van der Waals surface area contributed by atoms with Crippen molar-refractivity contribution in [2.45, 2.75) is 12.5 Å². The van der Waals surface area contributed by atoms with Gasteiger partial charge < -0.3 is 11.1 Å². The second-order valence-corrected chi connectivity index (χ2v) is 5.07. The Bertz CT molecular complexity index is 811. The van der Waals surface area contributed by atoms with E-state index in [4.69, 9.17) is 5.73 Å². The molecule has 0 spiro atoms. The van der Waals surface area contributed by atoms with Gasteiger partial charge in [0.1, 0.15) is 11.7 Å². The molecule has 23 heavy (non-hydrogen) atoms. The van der Waals surface area contributed by atoms with E-state index >= 15 is 0 Å². The standard InChI is InChI=1S/C16H15N5O2/c17-14(22)12(9-11-5-2-1-3-6-11)19-15(23)13-10-21-8-4-7-18-16(21)20-13/h1-8,10,12H,9H2,(H2,17,22)(H,19,23). The Morgan fingerprint density at radius 1 is 1.22 bits per heavy atom. The van der Waals surface area contributed by atoms with E-state index in [0.717, 1.165) is 5.56 Å². The molecule has 3 N–H and O–H groups in total. The molecule has 0 bridgehead atoms. The number of nitrogens with one attached hydrogen (secondary N) is 1. The Labute approximate surface area is 132 Å². The summed E-state index contributed by atoms with van der Waals surface area (Å²) >= 11 is 0. The van der Waals surface area contributed by atoms with Crippen LogP contribution >= 0.6 is 0 Å². The molecule has 0 radical (unpaired) electrons. The van der Waals surface area contributed by atoms with Crippen molar-refractivity contribution in [3.05, 3.63) is 66.2 Å². The van der Waals surface area contributed by atoms with Crippen LogP contribution in [0.3, 0.4) is 0 Å². The number of imidazole rings is 1. The van der Waals surface area contributed by atoms with Crippen LogP contribution in [0.5, 0.6) is 0 Å². The Hall–Kier alpha value is -3.22. The minimum Gasteiger partial charge on any atom is -0.368 e. The lowest BCUT2D eigenvalue weighted by molar-refractivity contribution is -0.119. The lowest BCUT2D eigenvalue weighted by Gasteiger charge is -2.14. The number of primary amides is 1. The number of fused-ring (bicyclic) bond motifs is 1. The van der Waals surface area contributed by atoms with Gasteiger partial charge in [-0.15, -0.1) is 0 Å². The molecular formula is C16H15N5O2. The van der Waals surface area contributed by atoms with E-state index < -0.39 is 17.9 Å². The van der Waals surface area contributed by atoms with E-state index in [1.807, 2.05) is 30.3 Å². The molecule has 2 amide bonds. The maximum Gasteiger partial charge on any atom is 0.272 e. The highest BCUT2D eigenvalue weighted by atomic mass is 16.2. The molecule has 1 atom stereocenters. The molecule has 7 nitrogen and oxygen atoms in total. The maximum atomic E-state index is 12.3. The molecule has 116 valence electrons. The molecule has 0 saturated heterocycles. The molecule has 2 aromatic heterocycles. The minimum atomic E-state index is -0.803. The summed E-state index contributed by atoms with van der Waals surface area (Å²) in [5.74, 6) is -0.643. The fourth-order valence-electron chi connectivity index (χ4n) is 2.24. The number of aromatic nitrogens is 3. The van der Waals surface area contributed by atoms with Crippen LogP contribution in [0, 0.1) is 0 Å². The molecule has 0 aliphatic heterocycles. The van der Waals surface area contributed by atoms with Gasteiger partial charge in [0.15, 0.2) is 0 Å². The average Bonchev–Trinajstić information content (AvgIpc) is 2.99. The summed E-state index contributed by atoms with van der Waals surface area (Å²) in [7, 11) is 0. The fourth-order valence-corrected chi connectivity index (χ4v) is 2.24. The number of carbonyl (C=O) groups is 2. The van der Waals surface area contributed by atoms with Gasteiger partial charge in [0.2, 0.25) is 11.7 Å². The largest absolute Gasteiger partial charge is 0.368 e. The minimum absolute atomic E-state index is 0.183. The van der Waals surface area contributed by atoms with Gasteiger partial charge in [0.25, 0.3) is 5.91 Å². The van der Waals surface area contributed by atoms with Gasteiger partial charge in [-0.2, -0.15) is 0 Å². The third-order valence-electron chi connectivity index (χ3n) is 3.40. The van der Waals surface area contributed by atoms with Crippen molar-refractivity contribution in [1.82, 2.24) is 19.7 Å². The normalized spacial score (nSPS) is 12.0. The van der Waals surface area contributed by atoms with Crippen LogP contribution in [0.2, 0.25) is 0 Å². The number of amides is 2. The van der Waals surface area contributed by atoms with Crippen molar-refractivity contribution in [1.29, 1.82) is 0 Å². The van der Waals surface area contributed by atoms with Crippen LogP contribution in [0.1, 0.15) is 16.1 Å². The quantitative estimate of drug-likeness (QED) is 0.718. The zero-order valence-electron chi connectivity index (χ0n) is 12.2. The van der Waals surface area contributed by atoms with E-state index in [2.05, 4.69) is 15.3 Å². The van der Waals surface area contributed by atoms with E-state index in [0.29, 0.717) is 12.2 Å². The van der Waals surface area contributed by atoms with E-state index in [1.54, 1.807) is 29.1 Å². The monoisotopic (exact) mass is 309 g/mol. The molecule has 0 saturated carbocycles. The molecule has 1 aromatic carbocycles. The predicted octanol–water partition coefficient (Wildman–Crippen LogP) is 0.556. The van der Waals surface area contributed by atoms with Crippen molar-refractivity contribution in [2.24, 2.45) is 5.73 Å². The van der Waals surface area contributed by atoms with Crippen LogP contribution < -0.4 is 11.1 Å². The van der Waals surface area contributed by atoms with Gasteiger partial charge in [0, 0.05) is 25.0 Å². The SMILES string of the molecule is NC(=O)C(Cc1ccccc1)NC(=O)c1cn2cccnc2n1. The van der Waals surface area contributed by atoms with Crippen LogP contribution in [0.4, 0.5) is 0 Å². The summed E-state index contributed by atoms with van der Waals surface area (Å²) in [6.45, 7) is 0. The zero-order chi connectivity index (χ0) is 16.2. The molecule has 0 fully saturated rings. The van der Waals surface area contributed by atoms with E-state index in [9.17, 15) is 9.59 Å². The van der Waals surface area contributed by atoms with Crippen LogP contribution in [0.15, 0.2) is 55.0 Å². The van der Waals surface area contributed by atoms with E-state index in [1.165, 1.54) is 0 Å². The Kier molecular flexibility index (Phi) is 4.01. The van der Waals surface area contributed by atoms with Crippen LogP contribution in [0.25, 0.3) is 5.78 Å². The third-order valence-corrected chi connectivity index (χ3v) is 3.40. The number of benzene rings is 1. The summed E-state index contributed by atoms with van der Waals surface area (Å²) in [5.41, 5.74) is 6.49.